The van der Waals surface area contributed by atoms with E-state index in [1.165, 1.54) is 11.7 Å². The number of alkyl halides is 3. The van der Waals surface area contributed by atoms with Crippen molar-refractivity contribution in [2.24, 2.45) is 14.1 Å². The lowest BCUT2D eigenvalue weighted by Gasteiger charge is -2.05. The molecule has 148 valence electrons. The number of rotatable bonds is 4. The molecule has 0 saturated carbocycles. The van der Waals surface area contributed by atoms with Gasteiger partial charge in [-0.3, -0.25) is 19.1 Å². The molecule has 3 heterocycles. The first-order valence-corrected chi connectivity index (χ1v) is 8.11. The van der Waals surface area contributed by atoms with Crippen LogP contribution in [0.15, 0.2) is 24.4 Å². The summed E-state index contributed by atoms with van der Waals surface area (Å²) in [5.74, 6) is -1.26. The fourth-order valence-corrected chi connectivity index (χ4v) is 2.62. The van der Waals surface area contributed by atoms with E-state index in [9.17, 15) is 22.4 Å². The number of aryl methyl sites for hydroxylation is 3. The molecule has 28 heavy (non-hydrogen) atoms. The van der Waals surface area contributed by atoms with Gasteiger partial charge in [-0.15, -0.1) is 0 Å². The van der Waals surface area contributed by atoms with Gasteiger partial charge in [-0.1, -0.05) is 0 Å². The Morgan fingerprint density at radius 2 is 1.86 bits per heavy atom. The molecule has 7 nitrogen and oxygen atoms in total. The fraction of sp³-hybridized carbons (Fsp3) is 0.294. The van der Waals surface area contributed by atoms with Crippen LogP contribution in [-0.4, -0.2) is 30.5 Å². The quantitative estimate of drug-likeness (QED) is 0.688. The molecule has 1 N–H and O–H groups in total. The number of carbonyl (C=O) groups excluding carboxylic acids is 1. The average molecular weight is 396 g/mol. The van der Waals surface area contributed by atoms with Crippen molar-refractivity contribution in [1.82, 2.24) is 29.9 Å². The first-order valence-electron chi connectivity index (χ1n) is 8.11. The fourth-order valence-electron chi connectivity index (χ4n) is 2.62. The highest BCUT2D eigenvalue weighted by atomic mass is 19.4. The number of nitrogens with zero attached hydrogens (tertiary/aromatic N) is 5. The summed E-state index contributed by atoms with van der Waals surface area (Å²) >= 11 is 0. The highest BCUT2D eigenvalue weighted by molar-refractivity contribution is 5.92. The van der Waals surface area contributed by atoms with Crippen molar-refractivity contribution in [3.05, 3.63) is 53.0 Å². The molecule has 0 bridgehead atoms. The summed E-state index contributed by atoms with van der Waals surface area (Å²) in [6, 6.07) is 3.82. The third-order valence-corrected chi connectivity index (χ3v) is 4.08. The van der Waals surface area contributed by atoms with E-state index < -0.39 is 23.6 Å². The SMILES string of the molecule is Cc1cc(-c2cc(CNC(=O)c3cc(C(F)(F)F)nn3C)n(C)n2)c(F)cn1. The van der Waals surface area contributed by atoms with Crippen LogP contribution in [-0.2, 0) is 26.8 Å². The van der Waals surface area contributed by atoms with Crippen LogP contribution in [0.2, 0.25) is 0 Å². The predicted octanol–water partition coefficient (Wildman–Crippen LogP) is 2.61. The van der Waals surface area contributed by atoms with Gasteiger partial charge in [0.05, 0.1) is 24.1 Å². The number of hydrogen-bond acceptors (Lipinski definition) is 4. The zero-order chi connectivity index (χ0) is 20.6. The van der Waals surface area contributed by atoms with Gasteiger partial charge < -0.3 is 5.32 Å². The van der Waals surface area contributed by atoms with Gasteiger partial charge in [-0.25, -0.2) is 4.39 Å². The molecule has 0 fully saturated rings. The zero-order valence-electron chi connectivity index (χ0n) is 15.2. The minimum absolute atomic E-state index is 0.0133. The first-order chi connectivity index (χ1) is 13.1. The summed E-state index contributed by atoms with van der Waals surface area (Å²) in [6.45, 7) is 1.71. The number of amides is 1. The molecule has 0 aliphatic heterocycles. The molecule has 11 heteroatoms. The molecule has 0 aliphatic carbocycles. The van der Waals surface area contributed by atoms with Crippen LogP contribution in [0.3, 0.4) is 0 Å². The second-order valence-electron chi connectivity index (χ2n) is 6.17. The van der Waals surface area contributed by atoms with Gasteiger partial charge in [-0.2, -0.15) is 23.4 Å². The maximum absolute atomic E-state index is 14.0. The Labute approximate surface area is 157 Å². The molecule has 0 atom stereocenters. The van der Waals surface area contributed by atoms with Crippen molar-refractivity contribution in [3.63, 3.8) is 0 Å². The summed E-state index contributed by atoms with van der Waals surface area (Å²) in [5, 5.41) is 10.0. The molecule has 1 amide bonds. The van der Waals surface area contributed by atoms with Gasteiger partial charge in [0.1, 0.15) is 5.69 Å². The highest BCUT2D eigenvalue weighted by Crippen LogP contribution is 2.28. The van der Waals surface area contributed by atoms with Crippen LogP contribution in [0.25, 0.3) is 11.3 Å². The van der Waals surface area contributed by atoms with Gasteiger partial charge >= 0.3 is 6.18 Å². The molecule has 3 aromatic rings. The summed E-state index contributed by atoms with van der Waals surface area (Å²) in [6.07, 6.45) is -3.54. The molecule has 0 aliphatic rings. The third-order valence-electron chi connectivity index (χ3n) is 4.08. The monoisotopic (exact) mass is 396 g/mol. The minimum atomic E-state index is -4.64. The van der Waals surface area contributed by atoms with Crippen LogP contribution in [0.5, 0.6) is 0 Å². The molecule has 3 aromatic heterocycles. The van der Waals surface area contributed by atoms with E-state index in [0.717, 1.165) is 10.9 Å². The maximum atomic E-state index is 14.0. The molecule has 0 radical (unpaired) electrons. The third kappa shape index (κ3) is 3.87. The standard InChI is InChI=1S/C17H16F4N6O/c1-9-4-11(12(18)8-22-9)13-5-10(26(2)24-13)7-23-16(28)14-6-15(17(19,20)21)25-27(14)3/h4-6,8H,7H2,1-3H3,(H,23,28). The second-order valence-corrected chi connectivity index (χ2v) is 6.17. The molecular weight excluding hydrogens is 380 g/mol. The van der Waals surface area contributed by atoms with E-state index in [1.54, 1.807) is 26.1 Å². The van der Waals surface area contributed by atoms with Gasteiger partial charge in [0.15, 0.2) is 11.5 Å². The van der Waals surface area contributed by atoms with Crippen LogP contribution < -0.4 is 5.32 Å². The predicted molar refractivity (Wildman–Crippen MR) is 90.5 cm³/mol. The zero-order valence-corrected chi connectivity index (χ0v) is 15.2. The average Bonchev–Trinajstić information content (AvgIpc) is 3.17. The topological polar surface area (TPSA) is 77.6 Å². The van der Waals surface area contributed by atoms with E-state index in [2.05, 4.69) is 20.5 Å². The number of aromatic nitrogens is 5. The minimum Gasteiger partial charge on any atom is -0.345 e. The van der Waals surface area contributed by atoms with Crippen molar-refractivity contribution in [2.45, 2.75) is 19.6 Å². The Bertz CT molecular complexity index is 1040. The van der Waals surface area contributed by atoms with E-state index in [0.29, 0.717) is 23.1 Å². The summed E-state index contributed by atoms with van der Waals surface area (Å²) in [5.41, 5.74) is 0.401. The van der Waals surface area contributed by atoms with Crippen molar-refractivity contribution in [2.75, 3.05) is 0 Å². The molecule has 0 aromatic carbocycles. The van der Waals surface area contributed by atoms with Gasteiger partial charge in [0, 0.05) is 31.4 Å². The van der Waals surface area contributed by atoms with Crippen LogP contribution >= 0.6 is 0 Å². The lowest BCUT2D eigenvalue weighted by atomic mass is 10.1. The summed E-state index contributed by atoms with van der Waals surface area (Å²) in [4.78, 5) is 16.1. The molecule has 0 unspecified atom stereocenters. The Morgan fingerprint density at radius 3 is 2.50 bits per heavy atom. The normalized spacial score (nSPS) is 11.7. The lowest BCUT2D eigenvalue weighted by molar-refractivity contribution is -0.141. The van der Waals surface area contributed by atoms with E-state index >= 15 is 0 Å². The largest absolute Gasteiger partial charge is 0.435 e. The Hall–Kier alpha value is -3.24. The number of pyridine rings is 1. The van der Waals surface area contributed by atoms with Crippen molar-refractivity contribution in [3.8, 4) is 11.3 Å². The molecule has 0 saturated heterocycles. The Kier molecular flexibility index (Phi) is 4.92. The Balaban J connectivity index is 1.77. The van der Waals surface area contributed by atoms with E-state index in [4.69, 9.17) is 0 Å². The smallest absolute Gasteiger partial charge is 0.345 e. The van der Waals surface area contributed by atoms with E-state index in [1.807, 2.05) is 0 Å². The highest BCUT2D eigenvalue weighted by Gasteiger charge is 2.35. The number of nitrogens with one attached hydrogen (secondary N) is 1. The summed E-state index contributed by atoms with van der Waals surface area (Å²) in [7, 11) is 2.86. The van der Waals surface area contributed by atoms with Crippen LogP contribution in [0.1, 0.15) is 27.6 Å². The molecule has 0 spiro atoms. The van der Waals surface area contributed by atoms with Gasteiger partial charge in [0.2, 0.25) is 0 Å². The number of carbonyl (C=O) groups is 1. The van der Waals surface area contributed by atoms with Crippen molar-refractivity contribution in [1.29, 1.82) is 0 Å². The van der Waals surface area contributed by atoms with Gasteiger partial charge in [-0.05, 0) is 19.1 Å². The Morgan fingerprint density at radius 1 is 1.14 bits per heavy atom. The second kappa shape index (κ2) is 7.06. The van der Waals surface area contributed by atoms with Crippen molar-refractivity contribution >= 4 is 5.91 Å². The maximum Gasteiger partial charge on any atom is 0.435 e. The van der Waals surface area contributed by atoms with Crippen LogP contribution in [0.4, 0.5) is 17.6 Å². The lowest BCUT2D eigenvalue weighted by Crippen LogP contribution is -2.26. The van der Waals surface area contributed by atoms with Crippen molar-refractivity contribution < 1.29 is 22.4 Å². The molecular formula is C17H16F4N6O. The van der Waals surface area contributed by atoms with E-state index in [-0.39, 0.29) is 17.8 Å². The summed E-state index contributed by atoms with van der Waals surface area (Å²) < 4.78 is 54.5. The van der Waals surface area contributed by atoms with Crippen LogP contribution in [0, 0.1) is 12.7 Å². The number of hydrogen-bond donors (Lipinski definition) is 1. The number of halogens is 4. The van der Waals surface area contributed by atoms with Gasteiger partial charge in [0.25, 0.3) is 5.91 Å². The molecule has 3 rings (SSSR count). The first kappa shape index (κ1) is 19.5.